The van der Waals surface area contributed by atoms with Gasteiger partial charge in [0.2, 0.25) is 17.6 Å². The molecule has 1 aromatic heterocycles. The molecule has 5 nitrogen and oxygen atoms in total. The summed E-state index contributed by atoms with van der Waals surface area (Å²) in [7, 11) is 0. The van der Waals surface area contributed by atoms with Gasteiger partial charge in [0.05, 0.1) is 0 Å². The number of nitrogens with zero attached hydrogens (tertiary/aromatic N) is 3. The maximum atomic E-state index is 12.7. The Kier molecular flexibility index (Phi) is 6.08. The van der Waals surface area contributed by atoms with Crippen molar-refractivity contribution in [3.05, 3.63) is 35.7 Å². The quantitative estimate of drug-likeness (QED) is 0.721. The normalized spacial score (nSPS) is 20.6. The predicted octanol–water partition coefficient (Wildman–Crippen LogP) is 4.80. The molecule has 2 fully saturated rings. The van der Waals surface area contributed by atoms with Crippen molar-refractivity contribution < 1.29 is 9.32 Å². The van der Waals surface area contributed by atoms with Crippen LogP contribution in [-0.4, -0.2) is 34.0 Å². The van der Waals surface area contributed by atoms with Gasteiger partial charge >= 0.3 is 0 Å². The van der Waals surface area contributed by atoms with Gasteiger partial charge in [-0.1, -0.05) is 55.1 Å². The van der Waals surface area contributed by atoms with E-state index in [1.165, 1.54) is 25.7 Å². The number of likely N-dealkylation sites (tertiary alicyclic amines) is 1. The summed E-state index contributed by atoms with van der Waals surface area (Å²) in [5, 5.41) is 4.17. The minimum Gasteiger partial charge on any atom is -0.342 e. The van der Waals surface area contributed by atoms with E-state index in [-0.39, 0.29) is 0 Å². The molecule has 1 unspecified atom stereocenters. The van der Waals surface area contributed by atoms with Crippen molar-refractivity contribution in [2.45, 2.75) is 64.7 Å². The Balaban J connectivity index is 1.31. The number of aryl methyl sites for hydroxylation is 1. The monoisotopic (exact) mass is 381 g/mol. The Bertz CT molecular complexity index is 795. The summed E-state index contributed by atoms with van der Waals surface area (Å²) >= 11 is 0. The van der Waals surface area contributed by atoms with Gasteiger partial charge in [-0.15, -0.1) is 0 Å². The van der Waals surface area contributed by atoms with Gasteiger partial charge in [-0.25, -0.2) is 0 Å². The molecule has 1 aliphatic carbocycles. The van der Waals surface area contributed by atoms with Crippen molar-refractivity contribution in [2.24, 2.45) is 11.8 Å². The molecule has 0 radical (unpaired) electrons. The molecule has 28 heavy (non-hydrogen) atoms. The average molecular weight is 382 g/mol. The molecule has 1 saturated heterocycles. The molecule has 1 atom stereocenters. The molecular weight excluding hydrogens is 350 g/mol. The van der Waals surface area contributed by atoms with Crippen molar-refractivity contribution >= 4 is 5.91 Å². The van der Waals surface area contributed by atoms with Gasteiger partial charge < -0.3 is 9.42 Å². The second kappa shape index (κ2) is 8.89. The molecule has 2 aliphatic rings. The minimum atomic E-state index is 0.336. The van der Waals surface area contributed by atoms with Crippen LogP contribution in [-0.2, 0) is 11.2 Å². The van der Waals surface area contributed by atoms with Gasteiger partial charge in [-0.3, -0.25) is 4.79 Å². The number of amides is 1. The van der Waals surface area contributed by atoms with E-state index in [2.05, 4.69) is 28.0 Å². The average Bonchev–Trinajstić information content (AvgIpc) is 3.39. The molecule has 2 aromatic rings. The maximum Gasteiger partial charge on any atom is 0.227 e. The molecule has 1 aliphatic heterocycles. The third kappa shape index (κ3) is 4.62. The molecule has 1 aromatic carbocycles. The standard InChI is InChI=1S/C23H31N3O2/c1-17-7-2-5-11-20(17)23-24-21(28-25-23)15-19-10-6-14-26(16-19)22(27)13-12-18-8-3-4-9-18/h2,5,7,11,18-19H,3-4,6,8-10,12-16H2,1H3. The van der Waals surface area contributed by atoms with Crippen molar-refractivity contribution in [1.29, 1.82) is 0 Å². The number of carbonyl (C=O) groups is 1. The summed E-state index contributed by atoms with van der Waals surface area (Å²) in [6.45, 7) is 3.78. The van der Waals surface area contributed by atoms with Crippen LogP contribution in [0.25, 0.3) is 11.4 Å². The highest BCUT2D eigenvalue weighted by molar-refractivity contribution is 5.76. The van der Waals surface area contributed by atoms with Crippen LogP contribution in [0.2, 0.25) is 0 Å². The van der Waals surface area contributed by atoms with E-state index in [4.69, 9.17) is 4.52 Å². The van der Waals surface area contributed by atoms with E-state index < -0.39 is 0 Å². The van der Waals surface area contributed by atoms with Crippen molar-refractivity contribution in [3.63, 3.8) is 0 Å². The maximum absolute atomic E-state index is 12.7. The van der Waals surface area contributed by atoms with Crippen LogP contribution in [0, 0.1) is 18.8 Å². The van der Waals surface area contributed by atoms with E-state index in [9.17, 15) is 4.79 Å². The summed E-state index contributed by atoms with van der Waals surface area (Å²) in [4.78, 5) is 19.3. The Labute approximate surface area is 167 Å². The predicted molar refractivity (Wildman–Crippen MR) is 109 cm³/mol. The minimum absolute atomic E-state index is 0.336. The first-order valence-electron chi connectivity index (χ1n) is 10.9. The zero-order valence-electron chi connectivity index (χ0n) is 16.9. The molecule has 2 heterocycles. The van der Waals surface area contributed by atoms with E-state index in [1.807, 2.05) is 18.2 Å². The van der Waals surface area contributed by atoms with Crippen LogP contribution >= 0.6 is 0 Å². The third-order valence-electron chi connectivity index (χ3n) is 6.43. The Morgan fingerprint density at radius 1 is 1.14 bits per heavy atom. The van der Waals surface area contributed by atoms with E-state index in [0.717, 1.165) is 62.2 Å². The summed E-state index contributed by atoms with van der Waals surface area (Å²) in [6.07, 6.45) is 10.1. The van der Waals surface area contributed by atoms with Crippen LogP contribution in [0.15, 0.2) is 28.8 Å². The number of hydrogen-bond donors (Lipinski definition) is 0. The van der Waals surface area contributed by atoms with Gasteiger partial charge in [-0.05, 0) is 43.6 Å². The molecule has 0 bridgehead atoms. The van der Waals surface area contributed by atoms with Gasteiger partial charge in [0.1, 0.15) is 0 Å². The van der Waals surface area contributed by atoms with Crippen molar-refractivity contribution in [1.82, 2.24) is 15.0 Å². The zero-order valence-corrected chi connectivity index (χ0v) is 16.9. The van der Waals surface area contributed by atoms with E-state index >= 15 is 0 Å². The Morgan fingerprint density at radius 3 is 2.75 bits per heavy atom. The Morgan fingerprint density at radius 2 is 1.93 bits per heavy atom. The zero-order chi connectivity index (χ0) is 19.3. The summed E-state index contributed by atoms with van der Waals surface area (Å²) in [5.41, 5.74) is 2.16. The van der Waals surface area contributed by atoms with Crippen molar-refractivity contribution in [3.8, 4) is 11.4 Å². The van der Waals surface area contributed by atoms with Crippen LogP contribution < -0.4 is 0 Å². The number of piperidine rings is 1. The van der Waals surface area contributed by atoms with Gasteiger partial charge in [0.15, 0.2) is 0 Å². The fourth-order valence-corrected chi connectivity index (χ4v) is 4.76. The summed E-state index contributed by atoms with van der Waals surface area (Å²) in [5.74, 6) is 2.87. The van der Waals surface area contributed by atoms with Crippen LogP contribution in [0.5, 0.6) is 0 Å². The molecular formula is C23H31N3O2. The second-order valence-electron chi connectivity index (χ2n) is 8.57. The van der Waals surface area contributed by atoms with Gasteiger partial charge in [-0.2, -0.15) is 4.98 Å². The first-order valence-corrected chi connectivity index (χ1v) is 10.9. The highest BCUT2D eigenvalue weighted by Gasteiger charge is 2.26. The summed E-state index contributed by atoms with van der Waals surface area (Å²) in [6, 6.07) is 8.09. The lowest BCUT2D eigenvalue weighted by Crippen LogP contribution is -2.40. The smallest absolute Gasteiger partial charge is 0.227 e. The number of carbonyl (C=O) groups excluding carboxylic acids is 1. The van der Waals surface area contributed by atoms with E-state index in [0.29, 0.717) is 23.5 Å². The number of hydrogen-bond acceptors (Lipinski definition) is 4. The molecule has 150 valence electrons. The summed E-state index contributed by atoms with van der Waals surface area (Å²) < 4.78 is 5.52. The van der Waals surface area contributed by atoms with E-state index in [1.54, 1.807) is 0 Å². The highest BCUT2D eigenvalue weighted by atomic mass is 16.5. The third-order valence-corrected chi connectivity index (χ3v) is 6.43. The van der Waals surface area contributed by atoms with Crippen LogP contribution in [0.4, 0.5) is 0 Å². The first-order chi connectivity index (χ1) is 13.7. The fraction of sp³-hybridized carbons (Fsp3) is 0.609. The van der Waals surface area contributed by atoms with Gasteiger partial charge in [0, 0.05) is 31.5 Å². The SMILES string of the molecule is Cc1ccccc1-c1noc(CC2CCCN(C(=O)CCC3CCCC3)C2)n1. The lowest BCUT2D eigenvalue weighted by atomic mass is 9.94. The molecule has 1 amide bonds. The number of rotatable bonds is 6. The Hall–Kier alpha value is -2.17. The largest absolute Gasteiger partial charge is 0.342 e. The number of aromatic nitrogens is 2. The topological polar surface area (TPSA) is 59.2 Å². The van der Waals surface area contributed by atoms with Crippen LogP contribution in [0.1, 0.15) is 62.8 Å². The molecule has 5 heteroatoms. The lowest BCUT2D eigenvalue weighted by Gasteiger charge is -2.32. The second-order valence-corrected chi connectivity index (χ2v) is 8.57. The molecule has 0 spiro atoms. The molecule has 4 rings (SSSR count). The molecule has 1 saturated carbocycles. The van der Waals surface area contributed by atoms with Gasteiger partial charge in [0.25, 0.3) is 0 Å². The van der Waals surface area contributed by atoms with Crippen molar-refractivity contribution in [2.75, 3.05) is 13.1 Å². The first kappa shape index (κ1) is 19.2. The lowest BCUT2D eigenvalue weighted by molar-refractivity contribution is -0.133. The molecule has 0 N–H and O–H groups in total. The van der Waals surface area contributed by atoms with Crippen LogP contribution in [0.3, 0.4) is 0 Å². The fourth-order valence-electron chi connectivity index (χ4n) is 4.76. The number of benzene rings is 1. The highest BCUT2D eigenvalue weighted by Crippen LogP contribution is 2.29.